The Morgan fingerprint density at radius 3 is 2.50 bits per heavy atom. The largest absolute Gasteiger partial charge is 0.497 e. The first kappa shape index (κ1) is 17.2. The van der Waals surface area contributed by atoms with Gasteiger partial charge in [0.15, 0.2) is 0 Å². The van der Waals surface area contributed by atoms with Crippen molar-refractivity contribution in [1.29, 1.82) is 0 Å². The Morgan fingerprint density at radius 2 is 1.83 bits per heavy atom. The molecule has 0 fully saturated rings. The smallest absolute Gasteiger partial charge is 0.292 e. The highest BCUT2D eigenvalue weighted by molar-refractivity contribution is 14.1. The zero-order valence-electron chi connectivity index (χ0n) is 13.7. The van der Waals surface area contributed by atoms with Gasteiger partial charge < -0.3 is 19.1 Å². The number of anilines is 1. The van der Waals surface area contributed by atoms with E-state index >= 15 is 0 Å². The van der Waals surface area contributed by atoms with Crippen LogP contribution in [0.25, 0.3) is 0 Å². The van der Waals surface area contributed by atoms with E-state index in [2.05, 4.69) is 22.6 Å². The van der Waals surface area contributed by atoms with E-state index in [0.717, 1.165) is 26.1 Å². The first-order valence-corrected chi connectivity index (χ1v) is 8.49. The van der Waals surface area contributed by atoms with Crippen molar-refractivity contribution in [3.05, 3.63) is 57.2 Å². The van der Waals surface area contributed by atoms with Crippen molar-refractivity contribution in [3.8, 4) is 5.75 Å². The molecule has 0 aromatic heterocycles. The van der Waals surface area contributed by atoms with Gasteiger partial charge in [-0.25, -0.2) is 0 Å². The zero-order valence-corrected chi connectivity index (χ0v) is 15.9. The van der Waals surface area contributed by atoms with Crippen LogP contribution in [0.3, 0.4) is 0 Å². The minimum atomic E-state index is -1.39. The number of carbonyl (C=O) groups is 1. The molecule has 0 radical (unpaired) electrons. The number of nitrogens with zero attached hydrogens (tertiary/aromatic N) is 1. The monoisotopic (exact) mass is 439 g/mol. The van der Waals surface area contributed by atoms with Gasteiger partial charge in [0.1, 0.15) is 5.75 Å². The van der Waals surface area contributed by atoms with Crippen LogP contribution in [0.5, 0.6) is 5.75 Å². The fourth-order valence-electron chi connectivity index (χ4n) is 3.00. The fourth-order valence-corrected chi connectivity index (χ4v) is 3.49. The molecule has 0 spiro atoms. The molecule has 0 saturated carbocycles. The molecule has 2 aromatic carbocycles. The number of benzene rings is 2. The minimum absolute atomic E-state index is 0.229. The summed E-state index contributed by atoms with van der Waals surface area (Å²) >= 11 is 2.21. The summed E-state index contributed by atoms with van der Waals surface area (Å²) < 4.78 is 17.3. The van der Waals surface area contributed by atoms with Crippen LogP contribution in [0.4, 0.5) is 5.69 Å². The van der Waals surface area contributed by atoms with Gasteiger partial charge in [-0.15, -0.1) is 0 Å². The fraction of sp³-hybridized carbons (Fsp3) is 0.278. The molecule has 1 amide bonds. The second kappa shape index (κ2) is 6.70. The van der Waals surface area contributed by atoms with Crippen molar-refractivity contribution < 1.29 is 19.0 Å². The van der Waals surface area contributed by atoms with Crippen LogP contribution >= 0.6 is 22.6 Å². The third-order valence-electron chi connectivity index (χ3n) is 4.18. The lowest BCUT2D eigenvalue weighted by Gasteiger charge is -2.25. The van der Waals surface area contributed by atoms with E-state index in [4.69, 9.17) is 14.2 Å². The Bertz CT molecular complexity index is 773. The van der Waals surface area contributed by atoms with Gasteiger partial charge in [-0.2, -0.15) is 0 Å². The number of halogens is 1. The molecular weight excluding hydrogens is 421 g/mol. The van der Waals surface area contributed by atoms with Crippen LogP contribution in [0.1, 0.15) is 11.1 Å². The zero-order chi connectivity index (χ0) is 17.3. The second-order valence-corrected chi connectivity index (χ2v) is 6.67. The van der Waals surface area contributed by atoms with E-state index in [1.807, 2.05) is 42.5 Å². The molecule has 1 heterocycles. The van der Waals surface area contributed by atoms with Crippen LogP contribution in [-0.4, -0.2) is 27.2 Å². The topological polar surface area (TPSA) is 48.0 Å². The Kier molecular flexibility index (Phi) is 4.80. The summed E-state index contributed by atoms with van der Waals surface area (Å²) in [6.45, 7) is 0.415. The van der Waals surface area contributed by atoms with Gasteiger partial charge in [0.05, 0.1) is 19.3 Å². The molecule has 0 unspecified atom stereocenters. The highest BCUT2D eigenvalue weighted by Crippen LogP contribution is 2.44. The molecule has 1 aliphatic heterocycles. The van der Waals surface area contributed by atoms with Crippen LogP contribution < -0.4 is 9.64 Å². The molecule has 0 saturated heterocycles. The number of hydrogen-bond acceptors (Lipinski definition) is 4. The minimum Gasteiger partial charge on any atom is -0.497 e. The Balaban J connectivity index is 2.04. The molecule has 0 aliphatic carbocycles. The van der Waals surface area contributed by atoms with Gasteiger partial charge in [-0.1, -0.05) is 12.1 Å². The molecule has 3 rings (SSSR count). The van der Waals surface area contributed by atoms with Gasteiger partial charge in [0.25, 0.3) is 11.7 Å². The lowest BCUT2D eigenvalue weighted by Crippen LogP contribution is -2.43. The second-order valence-electron chi connectivity index (χ2n) is 5.43. The predicted molar refractivity (Wildman–Crippen MR) is 99.0 cm³/mol. The van der Waals surface area contributed by atoms with Gasteiger partial charge in [0.2, 0.25) is 0 Å². The van der Waals surface area contributed by atoms with Gasteiger partial charge in [-0.05, 0) is 58.5 Å². The molecule has 126 valence electrons. The number of amides is 1. The third-order valence-corrected chi connectivity index (χ3v) is 4.85. The van der Waals surface area contributed by atoms with E-state index in [1.165, 1.54) is 14.2 Å². The summed E-state index contributed by atoms with van der Waals surface area (Å²) in [4.78, 5) is 14.7. The van der Waals surface area contributed by atoms with Gasteiger partial charge >= 0.3 is 0 Å². The van der Waals surface area contributed by atoms with Crippen LogP contribution in [0.15, 0.2) is 42.5 Å². The average Bonchev–Trinajstić information content (AvgIpc) is 2.83. The number of fused-ring (bicyclic) bond motifs is 1. The van der Waals surface area contributed by atoms with Crippen molar-refractivity contribution in [3.63, 3.8) is 0 Å². The van der Waals surface area contributed by atoms with Crippen molar-refractivity contribution in [1.82, 2.24) is 0 Å². The lowest BCUT2D eigenvalue weighted by atomic mass is 10.1. The maximum absolute atomic E-state index is 13.1. The van der Waals surface area contributed by atoms with E-state index < -0.39 is 5.79 Å². The number of methoxy groups -OCH3 is 3. The van der Waals surface area contributed by atoms with E-state index in [-0.39, 0.29) is 5.91 Å². The third kappa shape index (κ3) is 2.68. The molecule has 6 heteroatoms. The number of ether oxygens (including phenoxy) is 3. The van der Waals surface area contributed by atoms with E-state index in [1.54, 1.807) is 12.0 Å². The summed E-state index contributed by atoms with van der Waals surface area (Å²) in [6.07, 6.45) is 0. The SMILES string of the molecule is COc1cccc(CN2C(=O)C(OC)(OC)c3cc(I)ccc32)c1. The first-order valence-electron chi connectivity index (χ1n) is 7.41. The maximum atomic E-state index is 13.1. The standard InChI is InChI=1S/C18H18INO4/c1-22-14-6-4-5-12(9-14)11-20-16-8-7-13(19)10-15(16)18(23-2,24-3)17(20)21/h4-10H,11H2,1-3H3. The number of carbonyl (C=O) groups excluding carboxylic acids is 1. The highest BCUT2D eigenvalue weighted by Gasteiger charge is 2.52. The maximum Gasteiger partial charge on any atom is 0.292 e. The molecule has 0 N–H and O–H groups in total. The number of rotatable bonds is 5. The summed E-state index contributed by atoms with van der Waals surface area (Å²) in [5.41, 5.74) is 2.49. The van der Waals surface area contributed by atoms with Crippen molar-refractivity contribution in [2.24, 2.45) is 0 Å². The molecule has 5 nitrogen and oxygen atoms in total. The Hall–Kier alpha value is -1.64. The molecule has 2 aromatic rings. The van der Waals surface area contributed by atoms with Gasteiger partial charge in [-0.3, -0.25) is 4.79 Å². The molecular formula is C18H18INO4. The van der Waals surface area contributed by atoms with E-state index in [0.29, 0.717) is 6.54 Å². The summed E-state index contributed by atoms with van der Waals surface area (Å²) in [5, 5.41) is 0. The number of hydrogen-bond donors (Lipinski definition) is 0. The molecule has 0 bridgehead atoms. The normalized spacial score (nSPS) is 15.5. The Morgan fingerprint density at radius 1 is 1.08 bits per heavy atom. The van der Waals surface area contributed by atoms with Crippen molar-refractivity contribution in [2.75, 3.05) is 26.2 Å². The lowest BCUT2D eigenvalue weighted by molar-refractivity contribution is -0.209. The molecule has 24 heavy (non-hydrogen) atoms. The van der Waals surface area contributed by atoms with Crippen LogP contribution in [-0.2, 0) is 26.6 Å². The van der Waals surface area contributed by atoms with Crippen molar-refractivity contribution in [2.45, 2.75) is 12.3 Å². The Labute approximate surface area is 154 Å². The van der Waals surface area contributed by atoms with Gasteiger partial charge in [0, 0.05) is 23.4 Å². The first-order chi connectivity index (χ1) is 11.6. The molecule has 0 atom stereocenters. The summed E-state index contributed by atoms with van der Waals surface area (Å²) in [7, 11) is 4.60. The average molecular weight is 439 g/mol. The highest BCUT2D eigenvalue weighted by atomic mass is 127. The predicted octanol–water partition coefficient (Wildman–Crippen LogP) is 3.29. The van der Waals surface area contributed by atoms with Crippen LogP contribution in [0, 0.1) is 3.57 Å². The van der Waals surface area contributed by atoms with Crippen molar-refractivity contribution >= 4 is 34.2 Å². The molecule has 1 aliphatic rings. The summed E-state index contributed by atoms with van der Waals surface area (Å²) in [5.74, 6) is -0.867. The van der Waals surface area contributed by atoms with E-state index in [9.17, 15) is 4.79 Å². The summed E-state index contributed by atoms with van der Waals surface area (Å²) in [6, 6.07) is 13.5. The van der Waals surface area contributed by atoms with Crippen LogP contribution in [0.2, 0.25) is 0 Å². The quantitative estimate of drug-likeness (QED) is 0.530.